The van der Waals surface area contributed by atoms with Crippen LogP contribution in [0, 0.1) is 11.8 Å². The Hall–Kier alpha value is -0.530. The first-order chi connectivity index (χ1) is 6.40. The minimum atomic E-state index is 0.233. The molecular formula is C11H18O2. The van der Waals surface area contributed by atoms with Crippen molar-refractivity contribution in [2.75, 3.05) is 0 Å². The molecule has 0 amide bonds. The van der Waals surface area contributed by atoms with E-state index in [1.54, 1.807) is 0 Å². The van der Waals surface area contributed by atoms with Gasteiger partial charge in [-0.15, -0.1) is 0 Å². The van der Waals surface area contributed by atoms with E-state index in [2.05, 4.69) is 0 Å². The van der Waals surface area contributed by atoms with Crippen molar-refractivity contribution >= 4 is 6.47 Å². The second kappa shape index (κ2) is 4.12. The van der Waals surface area contributed by atoms with Gasteiger partial charge < -0.3 is 4.74 Å². The predicted molar refractivity (Wildman–Crippen MR) is 50.2 cm³/mol. The van der Waals surface area contributed by atoms with Crippen molar-refractivity contribution in [3.8, 4) is 0 Å². The highest BCUT2D eigenvalue weighted by Gasteiger charge is 2.32. The smallest absolute Gasteiger partial charge is 0.293 e. The van der Waals surface area contributed by atoms with Gasteiger partial charge >= 0.3 is 0 Å². The Morgan fingerprint density at radius 2 is 1.77 bits per heavy atom. The maximum atomic E-state index is 10.2. The van der Waals surface area contributed by atoms with E-state index in [0.717, 1.165) is 24.7 Å². The zero-order valence-electron chi connectivity index (χ0n) is 8.08. The van der Waals surface area contributed by atoms with Crippen molar-refractivity contribution in [3.63, 3.8) is 0 Å². The molecule has 0 aliphatic heterocycles. The Morgan fingerprint density at radius 1 is 1.00 bits per heavy atom. The van der Waals surface area contributed by atoms with Gasteiger partial charge in [-0.2, -0.15) is 0 Å². The SMILES string of the molecule is O=COC1CCC2CCCCC2C1. The molecule has 0 radical (unpaired) electrons. The Bertz CT molecular complexity index is 179. The van der Waals surface area contributed by atoms with E-state index < -0.39 is 0 Å². The lowest BCUT2D eigenvalue weighted by Gasteiger charge is -2.38. The molecule has 0 aromatic carbocycles. The number of fused-ring (bicyclic) bond motifs is 1. The van der Waals surface area contributed by atoms with E-state index in [-0.39, 0.29) is 6.10 Å². The molecule has 0 bridgehead atoms. The Morgan fingerprint density at radius 3 is 2.54 bits per heavy atom. The lowest BCUT2D eigenvalue weighted by molar-refractivity contribution is -0.136. The second-order valence-corrected chi connectivity index (χ2v) is 4.47. The fourth-order valence-electron chi connectivity index (χ4n) is 3.03. The first-order valence-electron chi connectivity index (χ1n) is 5.49. The molecule has 0 aromatic rings. The van der Waals surface area contributed by atoms with Gasteiger partial charge in [-0.05, 0) is 31.1 Å². The third-order valence-corrected chi connectivity index (χ3v) is 3.74. The molecule has 2 fully saturated rings. The van der Waals surface area contributed by atoms with Gasteiger partial charge in [0.2, 0.25) is 0 Å². The monoisotopic (exact) mass is 182 g/mol. The normalized spacial score (nSPS) is 39.2. The lowest BCUT2D eigenvalue weighted by Crippen LogP contribution is -2.31. The van der Waals surface area contributed by atoms with Crippen molar-refractivity contribution in [3.05, 3.63) is 0 Å². The largest absolute Gasteiger partial charge is 0.465 e. The van der Waals surface area contributed by atoms with Gasteiger partial charge in [-0.1, -0.05) is 25.7 Å². The molecule has 3 atom stereocenters. The zero-order valence-corrected chi connectivity index (χ0v) is 8.08. The van der Waals surface area contributed by atoms with Crippen molar-refractivity contribution in [1.82, 2.24) is 0 Å². The summed E-state index contributed by atoms with van der Waals surface area (Å²) in [5.41, 5.74) is 0. The summed E-state index contributed by atoms with van der Waals surface area (Å²) in [6.07, 6.45) is 9.32. The molecule has 2 aliphatic rings. The van der Waals surface area contributed by atoms with Crippen LogP contribution in [0.5, 0.6) is 0 Å². The number of carbonyl (C=O) groups is 1. The summed E-state index contributed by atoms with van der Waals surface area (Å²) >= 11 is 0. The van der Waals surface area contributed by atoms with Crippen molar-refractivity contribution in [1.29, 1.82) is 0 Å². The van der Waals surface area contributed by atoms with Gasteiger partial charge in [0.15, 0.2) is 0 Å². The van der Waals surface area contributed by atoms with Crippen molar-refractivity contribution < 1.29 is 9.53 Å². The number of hydrogen-bond donors (Lipinski definition) is 0. The van der Waals surface area contributed by atoms with E-state index in [0.29, 0.717) is 6.47 Å². The molecule has 0 N–H and O–H groups in total. The molecule has 2 nitrogen and oxygen atoms in total. The van der Waals surface area contributed by atoms with Crippen LogP contribution < -0.4 is 0 Å². The zero-order chi connectivity index (χ0) is 9.10. The number of hydrogen-bond acceptors (Lipinski definition) is 2. The summed E-state index contributed by atoms with van der Waals surface area (Å²) in [5.74, 6) is 1.80. The van der Waals surface area contributed by atoms with E-state index >= 15 is 0 Å². The van der Waals surface area contributed by atoms with Crippen LogP contribution >= 0.6 is 0 Å². The predicted octanol–water partition coefficient (Wildman–Crippen LogP) is 2.52. The molecule has 2 aliphatic carbocycles. The Balaban J connectivity index is 1.87. The van der Waals surface area contributed by atoms with Crippen LogP contribution in [0.25, 0.3) is 0 Å². The van der Waals surface area contributed by atoms with E-state index in [9.17, 15) is 4.79 Å². The van der Waals surface area contributed by atoms with Crippen LogP contribution in [-0.4, -0.2) is 12.6 Å². The van der Waals surface area contributed by atoms with E-state index in [1.807, 2.05) is 0 Å². The highest BCUT2D eigenvalue weighted by molar-refractivity contribution is 5.37. The highest BCUT2D eigenvalue weighted by Crippen LogP contribution is 2.40. The van der Waals surface area contributed by atoms with Gasteiger partial charge in [-0.25, -0.2) is 0 Å². The topological polar surface area (TPSA) is 26.3 Å². The van der Waals surface area contributed by atoms with Crippen LogP contribution in [0.4, 0.5) is 0 Å². The highest BCUT2D eigenvalue weighted by atomic mass is 16.5. The molecule has 2 rings (SSSR count). The fourth-order valence-corrected chi connectivity index (χ4v) is 3.03. The van der Waals surface area contributed by atoms with Crippen LogP contribution in [0.1, 0.15) is 44.9 Å². The Labute approximate surface area is 79.7 Å². The maximum absolute atomic E-state index is 10.2. The molecule has 3 unspecified atom stereocenters. The molecular weight excluding hydrogens is 164 g/mol. The average molecular weight is 182 g/mol. The first-order valence-corrected chi connectivity index (χ1v) is 5.49. The molecule has 2 heteroatoms. The average Bonchev–Trinajstić information content (AvgIpc) is 2.18. The van der Waals surface area contributed by atoms with E-state index in [4.69, 9.17) is 4.74 Å². The molecule has 0 saturated heterocycles. The standard InChI is InChI=1S/C11H18O2/c12-8-13-11-6-5-9-3-1-2-4-10(9)7-11/h8-11H,1-7H2. The van der Waals surface area contributed by atoms with Crippen LogP contribution in [0.15, 0.2) is 0 Å². The summed E-state index contributed by atoms with van der Waals surface area (Å²) < 4.78 is 5.05. The third-order valence-electron chi connectivity index (χ3n) is 3.74. The molecule has 0 spiro atoms. The summed E-state index contributed by atoms with van der Waals surface area (Å²) in [6, 6.07) is 0. The summed E-state index contributed by atoms with van der Waals surface area (Å²) in [7, 11) is 0. The second-order valence-electron chi connectivity index (χ2n) is 4.47. The molecule has 0 heterocycles. The third kappa shape index (κ3) is 2.04. The molecule has 13 heavy (non-hydrogen) atoms. The van der Waals surface area contributed by atoms with Gasteiger partial charge in [-0.3, -0.25) is 4.79 Å². The number of rotatable bonds is 2. The van der Waals surface area contributed by atoms with E-state index in [1.165, 1.54) is 32.1 Å². The first kappa shape index (κ1) is 9.04. The van der Waals surface area contributed by atoms with Crippen molar-refractivity contribution in [2.45, 2.75) is 51.0 Å². The van der Waals surface area contributed by atoms with Gasteiger partial charge in [0, 0.05) is 0 Å². The van der Waals surface area contributed by atoms with Crippen LogP contribution in [0.3, 0.4) is 0 Å². The molecule has 0 aromatic heterocycles. The van der Waals surface area contributed by atoms with Gasteiger partial charge in [0.05, 0.1) is 0 Å². The number of ether oxygens (including phenoxy) is 1. The van der Waals surface area contributed by atoms with Crippen LogP contribution in [-0.2, 0) is 9.53 Å². The number of carbonyl (C=O) groups excluding carboxylic acids is 1. The minimum absolute atomic E-state index is 0.233. The fraction of sp³-hybridized carbons (Fsp3) is 0.909. The lowest BCUT2D eigenvalue weighted by atomic mass is 9.70. The van der Waals surface area contributed by atoms with Crippen molar-refractivity contribution in [2.24, 2.45) is 11.8 Å². The van der Waals surface area contributed by atoms with Gasteiger partial charge in [0.1, 0.15) is 6.10 Å². The molecule has 2 saturated carbocycles. The van der Waals surface area contributed by atoms with Crippen LogP contribution in [0.2, 0.25) is 0 Å². The Kier molecular flexibility index (Phi) is 2.87. The summed E-state index contributed by atoms with van der Waals surface area (Å²) in [6.45, 7) is 0.619. The summed E-state index contributed by atoms with van der Waals surface area (Å²) in [4.78, 5) is 10.2. The minimum Gasteiger partial charge on any atom is -0.465 e. The summed E-state index contributed by atoms with van der Waals surface area (Å²) in [5, 5.41) is 0. The quantitative estimate of drug-likeness (QED) is 0.613. The van der Waals surface area contributed by atoms with Gasteiger partial charge in [0.25, 0.3) is 6.47 Å². The molecule has 74 valence electrons. The maximum Gasteiger partial charge on any atom is 0.293 e.